The molecule has 0 bridgehead atoms. The molecule has 1 aliphatic heterocycles. The lowest BCUT2D eigenvalue weighted by molar-refractivity contribution is -0.132. The number of hydrogen-bond donors (Lipinski definition) is 1. The summed E-state index contributed by atoms with van der Waals surface area (Å²) in [6, 6.07) is 17.2. The summed E-state index contributed by atoms with van der Waals surface area (Å²) in [5.74, 6) is -0.673. The van der Waals surface area contributed by atoms with Gasteiger partial charge in [-0.2, -0.15) is 0 Å². The number of methoxy groups -OCH3 is 1. The van der Waals surface area contributed by atoms with Crippen molar-refractivity contribution in [3.05, 3.63) is 93.5 Å². The SMILES string of the molecule is CCOc1ccc(N2C(=O)C(=O)/C(=C(/O)c3cc(C)cc(Cl)c3OC)C2c2ccc(C(C)C)cc2)cc1. The molecule has 6 nitrogen and oxygen atoms in total. The zero-order chi connectivity index (χ0) is 26.9. The fraction of sp³-hybridized carbons (Fsp3) is 0.267. The van der Waals surface area contributed by atoms with Crippen LogP contribution >= 0.6 is 11.6 Å². The summed E-state index contributed by atoms with van der Waals surface area (Å²) in [6.07, 6.45) is 0. The first kappa shape index (κ1) is 26.3. The van der Waals surface area contributed by atoms with Crippen LogP contribution in [-0.2, 0) is 9.59 Å². The van der Waals surface area contributed by atoms with E-state index in [1.54, 1.807) is 36.4 Å². The van der Waals surface area contributed by atoms with Crippen molar-refractivity contribution < 1.29 is 24.2 Å². The first-order valence-electron chi connectivity index (χ1n) is 12.2. The Morgan fingerprint density at radius 2 is 1.70 bits per heavy atom. The van der Waals surface area contributed by atoms with Gasteiger partial charge in [0.15, 0.2) is 0 Å². The predicted molar refractivity (Wildman–Crippen MR) is 146 cm³/mol. The fourth-order valence-electron chi connectivity index (χ4n) is 4.60. The molecule has 4 rings (SSSR count). The second-order valence-corrected chi connectivity index (χ2v) is 9.65. The van der Waals surface area contributed by atoms with Gasteiger partial charge in [-0.1, -0.05) is 49.7 Å². The van der Waals surface area contributed by atoms with Crippen LogP contribution in [0.2, 0.25) is 5.02 Å². The predicted octanol–water partition coefficient (Wildman–Crippen LogP) is 6.81. The molecule has 3 aromatic carbocycles. The second-order valence-electron chi connectivity index (χ2n) is 9.24. The highest BCUT2D eigenvalue weighted by Gasteiger charge is 2.47. The number of aryl methyl sites for hydroxylation is 1. The van der Waals surface area contributed by atoms with E-state index in [2.05, 4.69) is 13.8 Å². The van der Waals surface area contributed by atoms with Crippen molar-refractivity contribution >= 4 is 34.7 Å². The van der Waals surface area contributed by atoms with Crippen LogP contribution in [0.4, 0.5) is 5.69 Å². The maximum atomic E-state index is 13.5. The summed E-state index contributed by atoms with van der Waals surface area (Å²) in [6.45, 7) is 8.40. The number of anilines is 1. The molecular weight excluding hydrogens is 490 g/mol. The normalized spacial score (nSPS) is 16.9. The van der Waals surface area contributed by atoms with Gasteiger partial charge in [0, 0.05) is 5.69 Å². The Bertz CT molecular complexity index is 1360. The van der Waals surface area contributed by atoms with E-state index in [1.807, 2.05) is 38.1 Å². The van der Waals surface area contributed by atoms with Crippen molar-refractivity contribution in [2.24, 2.45) is 0 Å². The smallest absolute Gasteiger partial charge is 0.300 e. The van der Waals surface area contributed by atoms with Crippen LogP contribution in [0.5, 0.6) is 11.5 Å². The van der Waals surface area contributed by atoms with Gasteiger partial charge in [-0.15, -0.1) is 0 Å². The number of aliphatic hydroxyl groups excluding tert-OH is 1. The van der Waals surface area contributed by atoms with Crippen molar-refractivity contribution in [1.29, 1.82) is 0 Å². The number of halogens is 1. The first-order chi connectivity index (χ1) is 17.7. The van der Waals surface area contributed by atoms with Crippen molar-refractivity contribution in [1.82, 2.24) is 0 Å². The molecule has 0 radical (unpaired) electrons. The fourth-order valence-corrected chi connectivity index (χ4v) is 4.96. The lowest BCUT2D eigenvalue weighted by Crippen LogP contribution is -2.29. The molecule has 1 N–H and O–H groups in total. The highest BCUT2D eigenvalue weighted by Crippen LogP contribution is 2.45. The van der Waals surface area contributed by atoms with Gasteiger partial charge in [-0.25, -0.2) is 0 Å². The number of carbonyl (C=O) groups is 2. The summed E-state index contributed by atoms with van der Waals surface area (Å²) in [4.78, 5) is 28.4. The molecule has 1 amide bonds. The number of ketones is 1. The number of Topliss-reactive ketones (excluding diaryl/α,β-unsaturated/α-hetero) is 1. The van der Waals surface area contributed by atoms with Crippen LogP contribution < -0.4 is 14.4 Å². The molecule has 0 aliphatic carbocycles. The molecule has 1 unspecified atom stereocenters. The molecule has 1 fully saturated rings. The molecule has 37 heavy (non-hydrogen) atoms. The molecular formula is C30H30ClNO5. The van der Waals surface area contributed by atoms with Gasteiger partial charge in [0.25, 0.3) is 11.7 Å². The number of carbonyl (C=O) groups excluding carboxylic acids is 2. The van der Waals surface area contributed by atoms with Gasteiger partial charge in [0.05, 0.1) is 35.9 Å². The number of hydrogen-bond acceptors (Lipinski definition) is 5. The Balaban J connectivity index is 1.95. The minimum absolute atomic E-state index is 0.0313. The number of amides is 1. The molecule has 0 aromatic heterocycles. The Morgan fingerprint density at radius 3 is 2.27 bits per heavy atom. The highest BCUT2D eigenvalue weighted by molar-refractivity contribution is 6.51. The Morgan fingerprint density at radius 1 is 1.05 bits per heavy atom. The molecule has 0 spiro atoms. The lowest BCUT2D eigenvalue weighted by Gasteiger charge is -2.26. The minimum Gasteiger partial charge on any atom is -0.507 e. The second kappa shape index (κ2) is 10.7. The zero-order valence-electron chi connectivity index (χ0n) is 21.5. The largest absolute Gasteiger partial charge is 0.507 e. The number of ether oxygens (including phenoxy) is 2. The zero-order valence-corrected chi connectivity index (χ0v) is 22.3. The van der Waals surface area contributed by atoms with Crippen LogP contribution in [0.25, 0.3) is 5.76 Å². The van der Waals surface area contributed by atoms with Gasteiger partial charge < -0.3 is 14.6 Å². The monoisotopic (exact) mass is 519 g/mol. The van der Waals surface area contributed by atoms with Crippen LogP contribution in [0.15, 0.2) is 66.2 Å². The summed E-state index contributed by atoms with van der Waals surface area (Å²) < 4.78 is 11.0. The summed E-state index contributed by atoms with van der Waals surface area (Å²) in [5, 5.41) is 11.8. The molecule has 1 atom stereocenters. The first-order valence-corrected chi connectivity index (χ1v) is 12.5. The van der Waals surface area contributed by atoms with Crippen molar-refractivity contribution in [2.45, 2.75) is 39.7 Å². The van der Waals surface area contributed by atoms with E-state index in [-0.39, 0.29) is 22.6 Å². The molecule has 0 saturated carbocycles. The van der Waals surface area contributed by atoms with Crippen LogP contribution in [-0.4, -0.2) is 30.5 Å². The maximum absolute atomic E-state index is 13.5. The number of aliphatic hydroxyl groups is 1. The van der Waals surface area contributed by atoms with Crippen molar-refractivity contribution in [3.63, 3.8) is 0 Å². The number of nitrogens with zero attached hydrogens (tertiary/aromatic N) is 1. The Labute approximate surface area is 222 Å². The summed E-state index contributed by atoms with van der Waals surface area (Å²) in [7, 11) is 1.44. The van der Waals surface area contributed by atoms with E-state index >= 15 is 0 Å². The topological polar surface area (TPSA) is 76.1 Å². The minimum atomic E-state index is -0.858. The maximum Gasteiger partial charge on any atom is 0.300 e. The van der Waals surface area contributed by atoms with Gasteiger partial charge in [0.2, 0.25) is 0 Å². The third-order valence-electron chi connectivity index (χ3n) is 6.44. The Hall–Kier alpha value is -3.77. The molecule has 1 saturated heterocycles. The van der Waals surface area contributed by atoms with E-state index in [4.69, 9.17) is 21.1 Å². The third-order valence-corrected chi connectivity index (χ3v) is 6.72. The van der Waals surface area contributed by atoms with Crippen LogP contribution in [0.3, 0.4) is 0 Å². The number of benzene rings is 3. The summed E-state index contributed by atoms with van der Waals surface area (Å²) >= 11 is 6.38. The van der Waals surface area contributed by atoms with E-state index in [9.17, 15) is 14.7 Å². The lowest BCUT2D eigenvalue weighted by atomic mass is 9.92. The van der Waals surface area contributed by atoms with Crippen LogP contribution in [0, 0.1) is 6.92 Å². The standard InChI is InChI=1S/C30H30ClNO5/c1-6-37-22-13-11-21(12-14-22)32-26(20-9-7-19(8-10-20)17(2)3)25(28(34)30(32)35)27(33)23-15-18(4)16-24(31)29(23)36-5/h7-17,26,33H,6H2,1-5H3/b27-25+. The molecule has 3 aromatic rings. The van der Waals surface area contributed by atoms with Crippen molar-refractivity contribution in [3.8, 4) is 11.5 Å². The number of rotatable bonds is 7. The average Bonchev–Trinajstić information content (AvgIpc) is 3.14. The molecule has 7 heteroatoms. The van der Waals surface area contributed by atoms with Crippen molar-refractivity contribution in [2.75, 3.05) is 18.6 Å². The molecule has 1 heterocycles. The quantitative estimate of drug-likeness (QED) is 0.211. The van der Waals surface area contributed by atoms with Gasteiger partial charge >= 0.3 is 0 Å². The third kappa shape index (κ3) is 4.94. The molecule has 192 valence electrons. The molecule has 1 aliphatic rings. The highest BCUT2D eigenvalue weighted by atomic mass is 35.5. The van der Waals surface area contributed by atoms with Crippen LogP contribution in [0.1, 0.15) is 55.0 Å². The van der Waals surface area contributed by atoms with E-state index in [1.165, 1.54) is 12.0 Å². The summed E-state index contributed by atoms with van der Waals surface area (Å²) in [5.41, 5.74) is 3.31. The van der Waals surface area contributed by atoms with Gasteiger partial charge in [-0.3, -0.25) is 14.5 Å². The van der Waals surface area contributed by atoms with E-state index in [0.717, 1.165) is 11.1 Å². The van der Waals surface area contributed by atoms with E-state index < -0.39 is 17.7 Å². The van der Waals surface area contributed by atoms with E-state index in [0.29, 0.717) is 34.5 Å². The van der Waals surface area contributed by atoms with Gasteiger partial charge in [0.1, 0.15) is 17.3 Å². The Kier molecular flexibility index (Phi) is 7.60. The average molecular weight is 520 g/mol. The van der Waals surface area contributed by atoms with Gasteiger partial charge in [-0.05, 0) is 72.9 Å².